The van der Waals surface area contributed by atoms with E-state index in [0.29, 0.717) is 35.2 Å². The van der Waals surface area contributed by atoms with Crippen LogP contribution in [0.1, 0.15) is 28.8 Å². The molecule has 0 atom stereocenters. The van der Waals surface area contributed by atoms with Crippen molar-refractivity contribution in [2.45, 2.75) is 13.8 Å². The fourth-order valence-electron chi connectivity index (χ4n) is 2.56. The lowest BCUT2D eigenvalue weighted by atomic mass is 10.2. The van der Waals surface area contributed by atoms with Crippen molar-refractivity contribution in [2.75, 3.05) is 17.2 Å². The van der Waals surface area contributed by atoms with Crippen LogP contribution in [0, 0.1) is 18.3 Å². The van der Waals surface area contributed by atoms with Gasteiger partial charge in [0.1, 0.15) is 23.1 Å². The lowest BCUT2D eigenvalue weighted by Crippen LogP contribution is -2.15. The molecule has 0 bridgehead atoms. The van der Waals surface area contributed by atoms with Crippen molar-refractivity contribution in [1.82, 2.24) is 9.97 Å². The summed E-state index contributed by atoms with van der Waals surface area (Å²) in [5.74, 6) is 1.29. The Morgan fingerprint density at radius 2 is 1.89 bits per heavy atom. The number of nitrogens with one attached hydrogen (secondary N) is 2. The van der Waals surface area contributed by atoms with Gasteiger partial charge in [0.2, 0.25) is 0 Å². The minimum atomic E-state index is -0.364. The number of rotatable bonds is 6. The SMILES string of the molecule is CCOc1ccccc1Nc1cc(C(=O)Nc2ccc(C#N)cc2)nc(C)n1. The Morgan fingerprint density at radius 3 is 2.61 bits per heavy atom. The third-order valence-electron chi connectivity index (χ3n) is 3.79. The molecule has 0 aliphatic carbocycles. The molecule has 7 heteroatoms. The second-order valence-electron chi connectivity index (χ2n) is 5.88. The maximum absolute atomic E-state index is 12.6. The molecular weight excluding hydrogens is 354 g/mol. The number of para-hydroxylation sites is 2. The highest BCUT2D eigenvalue weighted by atomic mass is 16.5. The van der Waals surface area contributed by atoms with E-state index in [1.54, 1.807) is 37.3 Å². The van der Waals surface area contributed by atoms with Crippen molar-refractivity contribution in [3.05, 3.63) is 71.7 Å². The van der Waals surface area contributed by atoms with Crippen molar-refractivity contribution in [3.8, 4) is 11.8 Å². The molecule has 0 unspecified atom stereocenters. The Morgan fingerprint density at radius 1 is 1.14 bits per heavy atom. The number of ether oxygens (including phenoxy) is 1. The van der Waals surface area contributed by atoms with Crippen LogP contribution >= 0.6 is 0 Å². The third-order valence-corrected chi connectivity index (χ3v) is 3.79. The van der Waals surface area contributed by atoms with E-state index in [1.165, 1.54) is 0 Å². The zero-order valence-corrected chi connectivity index (χ0v) is 15.6. The summed E-state index contributed by atoms with van der Waals surface area (Å²) in [6, 6.07) is 17.7. The van der Waals surface area contributed by atoms with Crippen LogP contribution in [-0.4, -0.2) is 22.5 Å². The molecule has 0 radical (unpaired) electrons. The van der Waals surface area contributed by atoms with Gasteiger partial charge in [-0.25, -0.2) is 9.97 Å². The minimum Gasteiger partial charge on any atom is -0.492 e. The van der Waals surface area contributed by atoms with Gasteiger partial charge in [0.05, 0.1) is 23.9 Å². The summed E-state index contributed by atoms with van der Waals surface area (Å²) in [6.45, 7) is 4.18. The van der Waals surface area contributed by atoms with Gasteiger partial charge in [-0.15, -0.1) is 0 Å². The predicted molar refractivity (Wildman–Crippen MR) is 107 cm³/mol. The molecule has 2 aromatic carbocycles. The fourth-order valence-corrected chi connectivity index (χ4v) is 2.56. The number of amides is 1. The number of nitrogens with zero attached hydrogens (tertiary/aromatic N) is 3. The summed E-state index contributed by atoms with van der Waals surface area (Å²) in [4.78, 5) is 21.1. The standard InChI is InChI=1S/C21H19N5O2/c1-3-28-19-7-5-4-6-17(19)26-20-12-18(23-14(2)24-20)21(27)25-16-10-8-15(13-22)9-11-16/h4-12H,3H2,1-2H3,(H,25,27)(H,23,24,26). The number of carbonyl (C=O) groups is 1. The van der Waals surface area contributed by atoms with Gasteiger partial charge in [0.25, 0.3) is 5.91 Å². The molecule has 3 aromatic rings. The zero-order chi connectivity index (χ0) is 19.9. The van der Waals surface area contributed by atoms with E-state index in [4.69, 9.17) is 10.00 Å². The fraction of sp³-hybridized carbons (Fsp3) is 0.143. The molecule has 1 aromatic heterocycles. The van der Waals surface area contributed by atoms with Crippen molar-refractivity contribution >= 4 is 23.1 Å². The van der Waals surface area contributed by atoms with Gasteiger partial charge in [-0.1, -0.05) is 12.1 Å². The molecule has 0 saturated heterocycles. The first kappa shape index (κ1) is 18.9. The van der Waals surface area contributed by atoms with Gasteiger partial charge in [0, 0.05) is 11.8 Å². The smallest absolute Gasteiger partial charge is 0.274 e. The number of hydrogen-bond acceptors (Lipinski definition) is 6. The lowest BCUT2D eigenvalue weighted by molar-refractivity contribution is 0.102. The monoisotopic (exact) mass is 373 g/mol. The van der Waals surface area contributed by atoms with Crippen LogP contribution in [0.5, 0.6) is 5.75 Å². The highest BCUT2D eigenvalue weighted by molar-refractivity contribution is 6.03. The van der Waals surface area contributed by atoms with E-state index in [-0.39, 0.29) is 11.6 Å². The van der Waals surface area contributed by atoms with Gasteiger partial charge in [0.15, 0.2) is 0 Å². The highest BCUT2D eigenvalue weighted by Crippen LogP contribution is 2.27. The van der Waals surface area contributed by atoms with Crippen molar-refractivity contribution in [2.24, 2.45) is 0 Å². The van der Waals surface area contributed by atoms with E-state index in [0.717, 1.165) is 5.69 Å². The quantitative estimate of drug-likeness (QED) is 0.676. The molecule has 140 valence electrons. The van der Waals surface area contributed by atoms with Crippen LogP contribution < -0.4 is 15.4 Å². The first-order chi connectivity index (χ1) is 13.6. The van der Waals surface area contributed by atoms with Gasteiger partial charge >= 0.3 is 0 Å². The van der Waals surface area contributed by atoms with Crippen molar-refractivity contribution in [3.63, 3.8) is 0 Å². The molecular formula is C21H19N5O2. The number of aromatic nitrogens is 2. The molecule has 1 amide bonds. The first-order valence-corrected chi connectivity index (χ1v) is 8.75. The van der Waals surface area contributed by atoms with Crippen LogP contribution in [-0.2, 0) is 0 Å². The summed E-state index contributed by atoms with van der Waals surface area (Å²) < 4.78 is 5.61. The van der Waals surface area contributed by atoms with Crippen molar-refractivity contribution in [1.29, 1.82) is 5.26 Å². The molecule has 0 fully saturated rings. The first-order valence-electron chi connectivity index (χ1n) is 8.75. The highest BCUT2D eigenvalue weighted by Gasteiger charge is 2.12. The second kappa shape index (κ2) is 8.64. The van der Waals surface area contributed by atoms with Crippen molar-refractivity contribution < 1.29 is 9.53 Å². The minimum absolute atomic E-state index is 0.230. The average molecular weight is 373 g/mol. The number of hydrogen-bond donors (Lipinski definition) is 2. The van der Waals surface area contributed by atoms with Crippen LogP contribution in [0.3, 0.4) is 0 Å². The molecule has 1 heterocycles. The van der Waals surface area contributed by atoms with Gasteiger partial charge in [-0.05, 0) is 50.2 Å². The number of nitriles is 1. The van der Waals surface area contributed by atoms with Crippen LogP contribution in [0.15, 0.2) is 54.6 Å². The lowest BCUT2D eigenvalue weighted by Gasteiger charge is -2.13. The molecule has 28 heavy (non-hydrogen) atoms. The van der Waals surface area contributed by atoms with Gasteiger partial charge in [-0.3, -0.25) is 4.79 Å². The maximum atomic E-state index is 12.6. The summed E-state index contributed by atoms with van der Waals surface area (Å²) >= 11 is 0. The number of benzene rings is 2. The zero-order valence-electron chi connectivity index (χ0n) is 15.6. The van der Waals surface area contributed by atoms with E-state index < -0.39 is 0 Å². The average Bonchev–Trinajstić information content (AvgIpc) is 2.70. The third kappa shape index (κ3) is 4.62. The largest absolute Gasteiger partial charge is 0.492 e. The summed E-state index contributed by atoms with van der Waals surface area (Å²) in [7, 11) is 0. The predicted octanol–water partition coefficient (Wildman–Crippen LogP) is 4.05. The maximum Gasteiger partial charge on any atom is 0.274 e. The second-order valence-corrected chi connectivity index (χ2v) is 5.88. The van der Waals surface area contributed by atoms with E-state index in [9.17, 15) is 4.79 Å². The summed E-state index contributed by atoms with van der Waals surface area (Å²) in [5.41, 5.74) is 2.08. The Hall–Kier alpha value is -3.92. The van der Waals surface area contributed by atoms with Crippen LogP contribution in [0.2, 0.25) is 0 Å². The van der Waals surface area contributed by atoms with E-state index in [2.05, 4.69) is 20.6 Å². The molecule has 0 aliphatic heterocycles. The molecule has 0 spiro atoms. The summed E-state index contributed by atoms with van der Waals surface area (Å²) in [6.07, 6.45) is 0. The van der Waals surface area contributed by atoms with E-state index >= 15 is 0 Å². The van der Waals surface area contributed by atoms with E-state index in [1.807, 2.05) is 37.3 Å². The van der Waals surface area contributed by atoms with Gasteiger partial charge < -0.3 is 15.4 Å². The Kier molecular flexibility index (Phi) is 5.82. The Labute approximate surface area is 163 Å². The molecule has 0 aliphatic rings. The normalized spacial score (nSPS) is 10.0. The van der Waals surface area contributed by atoms with Crippen LogP contribution in [0.25, 0.3) is 0 Å². The van der Waals surface area contributed by atoms with Crippen LogP contribution in [0.4, 0.5) is 17.2 Å². The molecule has 3 rings (SSSR count). The number of aryl methyl sites for hydroxylation is 1. The number of carbonyl (C=O) groups excluding carboxylic acids is 1. The number of anilines is 3. The topological polar surface area (TPSA) is 99.9 Å². The Balaban J connectivity index is 1.81. The Bertz CT molecular complexity index is 1030. The summed E-state index contributed by atoms with van der Waals surface area (Å²) in [5, 5.41) is 14.8. The van der Waals surface area contributed by atoms with Gasteiger partial charge in [-0.2, -0.15) is 5.26 Å². The molecule has 7 nitrogen and oxygen atoms in total. The molecule has 0 saturated carbocycles. The molecule has 2 N–H and O–H groups in total.